The van der Waals surface area contributed by atoms with Crippen molar-refractivity contribution < 1.29 is 14.3 Å². The molecule has 1 amide bonds. The molecule has 0 aliphatic carbocycles. The van der Waals surface area contributed by atoms with Gasteiger partial charge in [0.2, 0.25) is 0 Å². The maximum Gasteiger partial charge on any atom is 0.258 e. The van der Waals surface area contributed by atoms with Gasteiger partial charge in [0.05, 0.1) is 14.2 Å². The van der Waals surface area contributed by atoms with Crippen molar-refractivity contribution in [1.29, 1.82) is 0 Å². The van der Waals surface area contributed by atoms with Crippen molar-refractivity contribution in [3.05, 3.63) is 54.1 Å². The first-order chi connectivity index (χ1) is 9.65. The van der Waals surface area contributed by atoms with E-state index < -0.39 is 0 Å². The van der Waals surface area contributed by atoms with Gasteiger partial charge in [0, 0.05) is 18.3 Å². The molecule has 0 aromatic heterocycles. The van der Waals surface area contributed by atoms with Gasteiger partial charge in [-0.2, -0.15) is 0 Å². The number of carbonyl (C=O) groups excluding carboxylic acids is 1. The summed E-state index contributed by atoms with van der Waals surface area (Å²) in [4.78, 5) is 14.0. The first kappa shape index (κ1) is 13.9. The van der Waals surface area contributed by atoms with Crippen LogP contribution in [0.1, 0.15) is 10.4 Å². The Kier molecular flexibility index (Phi) is 4.25. The molecule has 104 valence electrons. The number of carbonyl (C=O) groups is 1. The molecule has 0 aliphatic rings. The Balaban J connectivity index is 2.17. The number of hydrogen-bond donors (Lipinski definition) is 0. The van der Waals surface area contributed by atoms with Crippen molar-refractivity contribution in [2.75, 3.05) is 26.2 Å². The number of anilines is 1. The summed E-state index contributed by atoms with van der Waals surface area (Å²) in [6, 6.07) is 14.4. The largest absolute Gasteiger partial charge is 0.497 e. The van der Waals surface area contributed by atoms with Crippen LogP contribution in [0.2, 0.25) is 0 Å². The van der Waals surface area contributed by atoms with Gasteiger partial charge in [-0.15, -0.1) is 0 Å². The average molecular weight is 271 g/mol. The summed E-state index contributed by atoms with van der Waals surface area (Å²) in [5.41, 5.74) is 1.43. The summed E-state index contributed by atoms with van der Waals surface area (Å²) in [5.74, 6) is 1.42. The van der Waals surface area contributed by atoms with Crippen LogP contribution in [-0.4, -0.2) is 27.2 Å². The van der Waals surface area contributed by atoms with E-state index in [9.17, 15) is 4.79 Å². The Morgan fingerprint density at radius 2 is 1.30 bits per heavy atom. The molecule has 0 fully saturated rings. The molecule has 2 aromatic carbocycles. The van der Waals surface area contributed by atoms with Gasteiger partial charge in [0.1, 0.15) is 11.5 Å². The predicted octanol–water partition coefficient (Wildman–Crippen LogP) is 2.98. The van der Waals surface area contributed by atoms with Gasteiger partial charge in [0.15, 0.2) is 0 Å². The van der Waals surface area contributed by atoms with Crippen molar-refractivity contribution in [2.24, 2.45) is 0 Å². The van der Waals surface area contributed by atoms with Crippen LogP contribution in [0, 0.1) is 0 Å². The molecule has 4 heteroatoms. The van der Waals surface area contributed by atoms with Gasteiger partial charge in [-0.05, 0) is 48.5 Å². The van der Waals surface area contributed by atoms with Crippen molar-refractivity contribution in [1.82, 2.24) is 0 Å². The Bertz CT molecular complexity index is 576. The molecule has 20 heavy (non-hydrogen) atoms. The molecule has 0 atom stereocenters. The zero-order valence-electron chi connectivity index (χ0n) is 11.8. The number of rotatable bonds is 4. The van der Waals surface area contributed by atoms with Gasteiger partial charge in [-0.3, -0.25) is 4.79 Å². The second-order valence-corrected chi connectivity index (χ2v) is 4.29. The first-order valence-corrected chi connectivity index (χ1v) is 6.22. The van der Waals surface area contributed by atoms with Gasteiger partial charge >= 0.3 is 0 Å². The first-order valence-electron chi connectivity index (χ1n) is 6.22. The van der Waals surface area contributed by atoms with Gasteiger partial charge in [0.25, 0.3) is 5.91 Å². The van der Waals surface area contributed by atoms with Crippen molar-refractivity contribution in [3.8, 4) is 11.5 Å². The van der Waals surface area contributed by atoms with Crippen LogP contribution in [0.5, 0.6) is 11.5 Å². The molecular formula is C16H17NO3. The molecule has 4 nitrogen and oxygen atoms in total. The van der Waals surface area contributed by atoms with Crippen LogP contribution in [-0.2, 0) is 0 Å². The monoisotopic (exact) mass is 271 g/mol. The SMILES string of the molecule is COc1ccc(C(=O)N(C)c2ccc(OC)cc2)cc1. The third-order valence-electron chi connectivity index (χ3n) is 3.10. The lowest BCUT2D eigenvalue weighted by atomic mass is 10.2. The van der Waals surface area contributed by atoms with E-state index in [0.29, 0.717) is 5.56 Å². The topological polar surface area (TPSA) is 38.8 Å². The molecule has 0 saturated heterocycles. The number of methoxy groups -OCH3 is 2. The van der Waals surface area contributed by atoms with Crippen molar-refractivity contribution in [3.63, 3.8) is 0 Å². The molecule has 0 unspecified atom stereocenters. The van der Waals surface area contributed by atoms with E-state index in [-0.39, 0.29) is 5.91 Å². The summed E-state index contributed by atoms with van der Waals surface area (Å²) in [6.07, 6.45) is 0. The maximum atomic E-state index is 12.4. The highest BCUT2D eigenvalue weighted by Gasteiger charge is 2.13. The zero-order chi connectivity index (χ0) is 14.5. The summed E-state index contributed by atoms with van der Waals surface area (Å²) in [5, 5.41) is 0. The van der Waals surface area contributed by atoms with Crippen molar-refractivity contribution in [2.45, 2.75) is 0 Å². The standard InChI is InChI=1S/C16H17NO3/c1-17(13-6-10-15(20-3)11-7-13)16(18)12-4-8-14(19-2)9-5-12/h4-11H,1-3H3. The number of benzene rings is 2. The second kappa shape index (κ2) is 6.10. The molecule has 2 rings (SSSR count). The van der Waals surface area contributed by atoms with E-state index in [2.05, 4.69) is 0 Å². The Hall–Kier alpha value is -2.49. The van der Waals surface area contributed by atoms with E-state index in [1.165, 1.54) is 0 Å². The van der Waals surface area contributed by atoms with Crippen LogP contribution in [0.4, 0.5) is 5.69 Å². The highest BCUT2D eigenvalue weighted by molar-refractivity contribution is 6.05. The Labute approximate surface area is 118 Å². The van der Waals surface area contributed by atoms with Gasteiger partial charge < -0.3 is 14.4 Å². The second-order valence-electron chi connectivity index (χ2n) is 4.29. The van der Waals surface area contributed by atoms with Crippen LogP contribution < -0.4 is 14.4 Å². The minimum Gasteiger partial charge on any atom is -0.497 e. The molecule has 0 heterocycles. The zero-order valence-corrected chi connectivity index (χ0v) is 11.8. The fraction of sp³-hybridized carbons (Fsp3) is 0.188. The van der Waals surface area contributed by atoms with E-state index >= 15 is 0 Å². The molecule has 0 spiro atoms. The average Bonchev–Trinajstić information content (AvgIpc) is 2.53. The summed E-state index contributed by atoms with van der Waals surface area (Å²) in [7, 11) is 4.95. The van der Waals surface area contributed by atoms with E-state index in [4.69, 9.17) is 9.47 Å². The molecule has 0 N–H and O–H groups in total. The molecule has 0 radical (unpaired) electrons. The van der Waals surface area contributed by atoms with E-state index in [1.807, 2.05) is 24.3 Å². The third-order valence-corrected chi connectivity index (χ3v) is 3.10. The summed E-state index contributed by atoms with van der Waals surface area (Å²) < 4.78 is 10.2. The lowest BCUT2D eigenvalue weighted by Crippen LogP contribution is -2.26. The Morgan fingerprint density at radius 1 is 0.850 bits per heavy atom. The van der Waals surface area contributed by atoms with Crippen molar-refractivity contribution >= 4 is 11.6 Å². The van der Waals surface area contributed by atoms with Gasteiger partial charge in [-0.25, -0.2) is 0 Å². The third kappa shape index (κ3) is 2.91. The lowest BCUT2D eigenvalue weighted by molar-refractivity contribution is 0.0993. The quantitative estimate of drug-likeness (QED) is 0.858. The minimum absolute atomic E-state index is 0.0715. The molecule has 0 bridgehead atoms. The summed E-state index contributed by atoms with van der Waals surface area (Å²) >= 11 is 0. The minimum atomic E-state index is -0.0715. The van der Waals surface area contributed by atoms with E-state index in [0.717, 1.165) is 17.2 Å². The van der Waals surface area contributed by atoms with Gasteiger partial charge in [-0.1, -0.05) is 0 Å². The fourth-order valence-corrected chi connectivity index (χ4v) is 1.85. The highest BCUT2D eigenvalue weighted by atomic mass is 16.5. The van der Waals surface area contributed by atoms with Crippen LogP contribution in [0.15, 0.2) is 48.5 Å². The number of ether oxygens (including phenoxy) is 2. The smallest absolute Gasteiger partial charge is 0.258 e. The normalized spacial score (nSPS) is 9.95. The van der Waals surface area contributed by atoms with Crippen LogP contribution in [0.3, 0.4) is 0 Å². The van der Waals surface area contributed by atoms with Crippen LogP contribution >= 0.6 is 0 Å². The predicted molar refractivity (Wildman–Crippen MR) is 78.7 cm³/mol. The molecule has 2 aromatic rings. The fourth-order valence-electron chi connectivity index (χ4n) is 1.85. The van der Waals surface area contributed by atoms with E-state index in [1.54, 1.807) is 50.4 Å². The number of nitrogens with zero attached hydrogens (tertiary/aromatic N) is 1. The number of hydrogen-bond acceptors (Lipinski definition) is 3. The molecule has 0 aliphatic heterocycles. The number of amides is 1. The molecular weight excluding hydrogens is 254 g/mol. The van der Waals surface area contributed by atoms with Crippen LogP contribution in [0.25, 0.3) is 0 Å². The Morgan fingerprint density at radius 3 is 1.75 bits per heavy atom. The maximum absolute atomic E-state index is 12.4. The lowest BCUT2D eigenvalue weighted by Gasteiger charge is -2.17. The highest BCUT2D eigenvalue weighted by Crippen LogP contribution is 2.20. The molecule has 0 saturated carbocycles. The summed E-state index contributed by atoms with van der Waals surface area (Å²) in [6.45, 7) is 0.